The maximum absolute atomic E-state index is 14.5. The number of rotatable bonds is 4. The summed E-state index contributed by atoms with van der Waals surface area (Å²) in [5.41, 5.74) is 0.861. The van der Waals surface area contributed by atoms with Crippen molar-refractivity contribution < 1.29 is 32.2 Å². The Hall–Kier alpha value is -2.26. The average Bonchev–Trinajstić information content (AvgIpc) is 2.69. The number of hydrogen-bond acceptors (Lipinski definition) is 4. The Morgan fingerprint density at radius 1 is 1.10 bits per heavy atom. The zero-order valence-corrected chi connectivity index (χ0v) is 16.4. The largest absolute Gasteiger partial charge is 0.496 e. The van der Waals surface area contributed by atoms with Crippen LogP contribution in [0, 0.1) is 5.82 Å². The van der Waals surface area contributed by atoms with Crippen LogP contribution in [-0.4, -0.2) is 37.5 Å². The molecule has 1 saturated heterocycles. The number of piperidine rings is 1. The number of methoxy groups -OCH3 is 1. The van der Waals surface area contributed by atoms with Crippen molar-refractivity contribution in [3.63, 3.8) is 0 Å². The molecule has 2 aromatic carbocycles. The molecule has 0 aromatic heterocycles. The van der Waals surface area contributed by atoms with Crippen LogP contribution in [-0.2, 0) is 4.79 Å². The summed E-state index contributed by atoms with van der Waals surface area (Å²) in [6.45, 7) is 1.91. The number of ether oxygens (including phenoxy) is 1. The van der Waals surface area contributed by atoms with Crippen molar-refractivity contribution in [1.29, 1.82) is 0 Å². The molecule has 1 heterocycles. The van der Waals surface area contributed by atoms with Crippen LogP contribution in [0.1, 0.15) is 24.3 Å². The van der Waals surface area contributed by atoms with Gasteiger partial charge in [-0.3, -0.25) is 0 Å². The molecular weight excluding hydrogens is 410 g/mol. The molecule has 0 bridgehead atoms. The number of hydrogen-bond donors (Lipinski definition) is 2. The van der Waals surface area contributed by atoms with Crippen molar-refractivity contribution in [2.24, 2.45) is 0 Å². The van der Waals surface area contributed by atoms with Crippen LogP contribution in [0.3, 0.4) is 0 Å². The summed E-state index contributed by atoms with van der Waals surface area (Å²) in [4.78, 5) is 10.9. The summed E-state index contributed by atoms with van der Waals surface area (Å²) >= 11 is 1.59. The molecule has 3 rings (SSSR count). The molecule has 0 aliphatic carbocycles. The first kappa shape index (κ1) is 23.0. The van der Waals surface area contributed by atoms with Gasteiger partial charge < -0.3 is 15.2 Å². The number of aliphatic carboxylic acids is 1. The lowest BCUT2D eigenvalue weighted by Crippen LogP contribution is -2.27. The van der Waals surface area contributed by atoms with Crippen molar-refractivity contribution in [2.75, 3.05) is 20.2 Å². The predicted octanol–water partition coefficient (Wildman–Crippen LogP) is 5.09. The van der Waals surface area contributed by atoms with Crippen molar-refractivity contribution >= 4 is 17.7 Å². The van der Waals surface area contributed by atoms with Crippen LogP contribution in [0.25, 0.3) is 0 Å². The molecule has 1 aliphatic heterocycles. The highest BCUT2D eigenvalue weighted by Crippen LogP contribution is 2.41. The van der Waals surface area contributed by atoms with Gasteiger partial charge in [0.05, 0.1) is 12.0 Å². The van der Waals surface area contributed by atoms with Crippen LogP contribution in [0.2, 0.25) is 0 Å². The second-order valence-electron chi connectivity index (χ2n) is 6.23. The number of nitrogens with one attached hydrogen (secondary N) is 1. The molecule has 0 radical (unpaired) electrons. The number of carboxylic acid groups (broad SMARTS) is 1. The van der Waals surface area contributed by atoms with E-state index in [9.17, 15) is 17.6 Å². The zero-order valence-electron chi connectivity index (χ0n) is 15.6. The Labute approximate surface area is 170 Å². The highest BCUT2D eigenvalue weighted by atomic mass is 32.2. The van der Waals surface area contributed by atoms with Gasteiger partial charge in [0.25, 0.3) is 0 Å². The molecule has 2 aromatic rings. The van der Waals surface area contributed by atoms with Gasteiger partial charge in [-0.25, -0.2) is 9.18 Å². The first-order valence-electron chi connectivity index (χ1n) is 8.84. The topological polar surface area (TPSA) is 58.6 Å². The second kappa shape index (κ2) is 10.5. The Balaban J connectivity index is 0.000000370. The van der Waals surface area contributed by atoms with E-state index in [-0.39, 0.29) is 5.82 Å². The van der Waals surface area contributed by atoms with E-state index < -0.39 is 12.1 Å². The third kappa shape index (κ3) is 6.64. The van der Waals surface area contributed by atoms with Crippen LogP contribution in [0.15, 0.2) is 52.3 Å². The highest BCUT2D eigenvalue weighted by Gasteiger charge is 2.38. The van der Waals surface area contributed by atoms with Gasteiger partial charge in [-0.2, -0.15) is 13.2 Å². The summed E-state index contributed by atoms with van der Waals surface area (Å²) in [5.74, 6) is -1.73. The van der Waals surface area contributed by atoms with Gasteiger partial charge in [0.15, 0.2) is 0 Å². The maximum Gasteiger partial charge on any atom is 0.490 e. The minimum Gasteiger partial charge on any atom is -0.496 e. The molecule has 0 saturated carbocycles. The van der Waals surface area contributed by atoms with Gasteiger partial charge in [0.2, 0.25) is 0 Å². The summed E-state index contributed by atoms with van der Waals surface area (Å²) in [5, 5.41) is 10.5. The Morgan fingerprint density at radius 2 is 1.69 bits per heavy atom. The van der Waals surface area contributed by atoms with Crippen molar-refractivity contribution in [3.8, 4) is 5.75 Å². The van der Waals surface area contributed by atoms with Crippen LogP contribution in [0.4, 0.5) is 17.6 Å². The van der Waals surface area contributed by atoms with Crippen molar-refractivity contribution in [3.05, 3.63) is 53.8 Å². The van der Waals surface area contributed by atoms with Gasteiger partial charge in [0, 0.05) is 10.5 Å². The lowest BCUT2D eigenvalue weighted by molar-refractivity contribution is -0.192. The number of carbonyl (C=O) groups is 1. The Bertz CT molecular complexity index is 824. The summed E-state index contributed by atoms with van der Waals surface area (Å²) in [6.07, 6.45) is -3.11. The summed E-state index contributed by atoms with van der Waals surface area (Å²) in [6, 6.07) is 13.3. The fourth-order valence-corrected chi connectivity index (χ4v) is 4.09. The highest BCUT2D eigenvalue weighted by molar-refractivity contribution is 7.99. The molecule has 0 unspecified atom stereocenters. The fraction of sp³-hybridized carbons (Fsp3) is 0.350. The molecule has 0 amide bonds. The molecule has 4 nitrogen and oxygen atoms in total. The molecule has 0 spiro atoms. The molecule has 0 atom stereocenters. The van der Waals surface area contributed by atoms with E-state index in [1.165, 1.54) is 0 Å². The SMILES string of the molecule is COc1ccccc1Sc1cccc(F)c1C1CCNCC1.O=C(O)C(F)(F)F. The number of halogens is 4. The molecular formula is C20H21F4NO3S. The normalized spacial score (nSPS) is 14.7. The standard InChI is InChI=1S/C18H20FNOS.C2HF3O2/c1-21-15-6-2-3-7-16(15)22-17-8-4-5-14(19)18(17)13-9-11-20-12-10-13;3-2(4,5)1(6)7/h2-8,13,20H,9-12H2,1H3;(H,6,7). The van der Waals surface area contributed by atoms with Crippen molar-refractivity contribution in [2.45, 2.75) is 34.7 Å². The van der Waals surface area contributed by atoms with Gasteiger partial charge in [-0.05, 0) is 56.1 Å². The molecule has 1 aliphatic rings. The van der Waals surface area contributed by atoms with Gasteiger partial charge in [0.1, 0.15) is 11.6 Å². The van der Waals surface area contributed by atoms with E-state index in [1.54, 1.807) is 31.0 Å². The minimum absolute atomic E-state index is 0.0909. The Morgan fingerprint density at radius 3 is 2.28 bits per heavy atom. The number of carboxylic acids is 1. The molecule has 2 N–H and O–H groups in total. The van der Waals surface area contributed by atoms with Crippen LogP contribution >= 0.6 is 11.8 Å². The van der Waals surface area contributed by atoms with E-state index in [4.69, 9.17) is 14.6 Å². The average molecular weight is 431 g/mol. The molecule has 1 fully saturated rings. The van der Waals surface area contributed by atoms with E-state index in [1.807, 2.05) is 30.3 Å². The quantitative estimate of drug-likeness (QED) is 0.661. The first-order chi connectivity index (χ1) is 13.7. The van der Waals surface area contributed by atoms with E-state index in [0.29, 0.717) is 5.92 Å². The van der Waals surface area contributed by atoms with E-state index in [2.05, 4.69) is 5.32 Å². The monoisotopic (exact) mass is 431 g/mol. The third-order valence-electron chi connectivity index (χ3n) is 4.29. The van der Waals surface area contributed by atoms with Gasteiger partial charge in [-0.15, -0.1) is 0 Å². The van der Waals surface area contributed by atoms with E-state index >= 15 is 0 Å². The van der Waals surface area contributed by atoms with Crippen molar-refractivity contribution in [1.82, 2.24) is 5.32 Å². The smallest absolute Gasteiger partial charge is 0.490 e. The number of benzene rings is 2. The lowest BCUT2D eigenvalue weighted by atomic mass is 9.90. The molecule has 9 heteroatoms. The summed E-state index contributed by atoms with van der Waals surface area (Å²) < 4.78 is 51.6. The predicted molar refractivity (Wildman–Crippen MR) is 102 cm³/mol. The number of para-hydroxylation sites is 1. The number of alkyl halides is 3. The third-order valence-corrected chi connectivity index (χ3v) is 5.42. The van der Waals surface area contributed by atoms with Crippen LogP contribution in [0.5, 0.6) is 5.75 Å². The summed E-state index contributed by atoms with van der Waals surface area (Å²) in [7, 11) is 1.67. The first-order valence-corrected chi connectivity index (χ1v) is 9.65. The van der Waals surface area contributed by atoms with Gasteiger partial charge in [-0.1, -0.05) is 30.0 Å². The van der Waals surface area contributed by atoms with Crippen LogP contribution < -0.4 is 10.1 Å². The second-order valence-corrected chi connectivity index (χ2v) is 7.32. The van der Waals surface area contributed by atoms with E-state index in [0.717, 1.165) is 47.0 Å². The van der Waals surface area contributed by atoms with Gasteiger partial charge >= 0.3 is 12.1 Å². The molecule has 29 heavy (non-hydrogen) atoms. The zero-order chi connectivity index (χ0) is 21.4. The Kier molecular flexibility index (Phi) is 8.33. The molecule has 158 valence electrons. The minimum atomic E-state index is -5.08. The lowest BCUT2D eigenvalue weighted by Gasteiger charge is -2.25. The fourth-order valence-electron chi connectivity index (χ4n) is 2.93. The maximum atomic E-state index is 14.5.